The van der Waals surface area contributed by atoms with Crippen LogP contribution in [-0.4, -0.2) is 76.5 Å². The first-order valence-corrected chi connectivity index (χ1v) is 14.3. The summed E-state index contributed by atoms with van der Waals surface area (Å²) in [5.41, 5.74) is 1.90. The summed E-state index contributed by atoms with van der Waals surface area (Å²) in [6.45, 7) is 5.44. The first kappa shape index (κ1) is 27.2. The molecule has 4 rings (SSSR count). The molecule has 0 aliphatic carbocycles. The minimum atomic E-state index is -3.34. The number of hydrogen-bond donors (Lipinski definition) is 0. The van der Waals surface area contributed by atoms with Crippen LogP contribution in [0, 0.1) is 5.92 Å². The average molecular weight is 533 g/mol. The largest absolute Gasteiger partial charge is 0.497 e. The Bertz CT molecular complexity index is 1190. The Balaban J connectivity index is 1.70. The highest BCUT2D eigenvalue weighted by molar-refractivity contribution is 7.89. The Morgan fingerprint density at radius 3 is 2.46 bits per heavy atom. The summed E-state index contributed by atoms with van der Waals surface area (Å²) in [6.07, 6.45) is 0.558. The molecular formula is C27H36N2O7S. The molecule has 37 heavy (non-hydrogen) atoms. The van der Waals surface area contributed by atoms with E-state index in [2.05, 4.69) is 4.90 Å². The second-order valence-corrected chi connectivity index (χ2v) is 11.5. The summed E-state index contributed by atoms with van der Waals surface area (Å²) in [5.74, 6) is 1.21. The molecule has 0 radical (unpaired) electrons. The van der Waals surface area contributed by atoms with Crippen molar-refractivity contribution in [2.75, 3.05) is 52.9 Å². The van der Waals surface area contributed by atoms with E-state index in [0.29, 0.717) is 37.6 Å². The number of nitrogens with zero attached hydrogens (tertiary/aromatic N) is 2. The van der Waals surface area contributed by atoms with Gasteiger partial charge in [-0.25, -0.2) is 12.7 Å². The SMILES string of the molecule is CCCS(=O)(=O)N(C)CCN1C[C@H](c2ccc3c(c2)OCO3)[C@@H](C(=O)OCC)[C@@H]1c1ccc(OC)cc1. The molecule has 0 unspecified atom stereocenters. The van der Waals surface area contributed by atoms with E-state index in [1.807, 2.05) is 49.4 Å². The zero-order chi connectivity index (χ0) is 26.6. The van der Waals surface area contributed by atoms with Crippen molar-refractivity contribution < 1.29 is 32.2 Å². The number of sulfonamides is 1. The smallest absolute Gasteiger partial charge is 0.311 e. The van der Waals surface area contributed by atoms with Gasteiger partial charge in [-0.05, 0) is 48.7 Å². The van der Waals surface area contributed by atoms with Gasteiger partial charge in [-0.3, -0.25) is 9.69 Å². The molecule has 3 atom stereocenters. The maximum absolute atomic E-state index is 13.5. The van der Waals surface area contributed by atoms with Crippen molar-refractivity contribution in [1.82, 2.24) is 9.21 Å². The van der Waals surface area contributed by atoms with Gasteiger partial charge in [-0.15, -0.1) is 0 Å². The average Bonchev–Trinajstić information content (AvgIpc) is 3.51. The fourth-order valence-electron chi connectivity index (χ4n) is 5.19. The van der Waals surface area contributed by atoms with Crippen molar-refractivity contribution in [2.45, 2.75) is 32.2 Å². The molecule has 1 saturated heterocycles. The molecule has 0 saturated carbocycles. The van der Waals surface area contributed by atoms with Crippen LogP contribution >= 0.6 is 0 Å². The maximum Gasteiger partial charge on any atom is 0.311 e. The van der Waals surface area contributed by atoms with E-state index in [4.69, 9.17) is 18.9 Å². The van der Waals surface area contributed by atoms with Crippen molar-refractivity contribution in [2.24, 2.45) is 5.92 Å². The van der Waals surface area contributed by atoms with Crippen LogP contribution in [0.5, 0.6) is 17.2 Å². The van der Waals surface area contributed by atoms with E-state index in [1.54, 1.807) is 21.1 Å². The molecule has 10 heteroatoms. The number of likely N-dealkylation sites (N-methyl/N-ethyl adjacent to an activating group) is 1. The van der Waals surface area contributed by atoms with Crippen LogP contribution in [0.15, 0.2) is 42.5 Å². The third-order valence-electron chi connectivity index (χ3n) is 7.08. The molecule has 9 nitrogen and oxygen atoms in total. The predicted molar refractivity (Wildman–Crippen MR) is 139 cm³/mol. The standard InChI is InChI=1S/C27H36N2O7S/c1-5-15-37(31,32)28(3)13-14-29-17-22(20-9-12-23-24(16-20)36-18-35-23)25(27(30)34-6-2)26(29)19-7-10-21(33-4)11-8-19/h7-12,16,22,25-26H,5-6,13-15,17-18H2,1-4H3/t22-,25-,26+/m1/s1. The summed E-state index contributed by atoms with van der Waals surface area (Å²) < 4.78 is 48.6. The van der Waals surface area contributed by atoms with Crippen molar-refractivity contribution in [3.63, 3.8) is 0 Å². The topological polar surface area (TPSA) is 94.6 Å². The number of ether oxygens (including phenoxy) is 4. The van der Waals surface area contributed by atoms with E-state index >= 15 is 0 Å². The Morgan fingerprint density at radius 2 is 1.78 bits per heavy atom. The summed E-state index contributed by atoms with van der Waals surface area (Å²) in [4.78, 5) is 15.7. The highest BCUT2D eigenvalue weighted by Gasteiger charge is 2.48. The number of esters is 1. The van der Waals surface area contributed by atoms with Gasteiger partial charge < -0.3 is 18.9 Å². The van der Waals surface area contributed by atoms with Gasteiger partial charge in [0, 0.05) is 38.6 Å². The highest BCUT2D eigenvalue weighted by atomic mass is 32.2. The van der Waals surface area contributed by atoms with Gasteiger partial charge in [0.2, 0.25) is 16.8 Å². The van der Waals surface area contributed by atoms with Gasteiger partial charge in [0.05, 0.1) is 25.4 Å². The third-order valence-corrected chi connectivity index (χ3v) is 9.13. The first-order valence-electron chi connectivity index (χ1n) is 12.7. The quantitative estimate of drug-likeness (QED) is 0.407. The van der Waals surface area contributed by atoms with Crippen LogP contribution < -0.4 is 14.2 Å². The lowest BCUT2D eigenvalue weighted by Gasteiger charge is -2.29. The molecule has 1 fully saturated rings. The van der Waals surface area contributed by atoms with Crippen molar-refractivity contribution in [1.29, 1.82) is 0 Å². The highest BCUT2D eigenvalue weighted by Crippen LogP contribution is 2.48. The minimum absolute atomic E-state index is 0.108. The van der Waals surface area contributed by atoms with Crippen LogP contribution in [0.4, 0.5) is 0 Å². The van der Waals surface area contributed by atoms with Gasteiger partial charge in [-0.1, -0.05) is 25.1 Å². The summed E-state index contributed by atoms with van der Waals surface area (Å²) in [6, 6.07) is 13.1. The fraction of sp³-hybridized carbons (Fsp3) is 0.519. The van der Waals surface area contributed by atoms with Crippen molar-refractivity contribution in [3.05, 3.63) is 53.6 Å². The van der Waals surface area contributed by atoms with Gasteiger partial charge in [0.1, 0.15) is 5.75 Å². The van der Waals surface area contributed by atoms with Gasteiger partial charge in [-0.2, -0.15) is 0 Å². The lowest BCUT2D eigenvalue weighted by atomic mass is 9.82. The molecule has 2 heterocycles. The molecule has 0 amide bonds. The predicted octanol–water partition coefficient (Wildman–Crippen LogP) is 3.42. The lowest BCUT2D eigenvalue weighted by Crippen LogP contribution is -2.38. The minimum Gasteiger partial charge on any atom is -0.497 e. The Hall–Kier alpha value is -2.82. The number of rotatable bonds is 11. The van der Waals surface area contributed by atoms with Gasteiger partial charge in [0.15, 0.2) is 11.5 Å². The Morgan fingerprint density at radius 1 is 1.08 bits per heavy atom. The molecule has 0 bridgehead atoms. The van der Waals surface area contributed by atoms with Crippen molar-refractivity contribution in [3.8, 4) is 17.2 Å². The fourth-order valence-corrected chi connectivity index (χ4v) is 6.37. The summed E-state index contributed by atoms with van der Waals surface area (Å²) in [7, 11) is -0.112. The monoisotopic (exact) mass is 532 g/mol. The van der Waals surface area contributed by atoms with Crippen LogP contribution in [0.25, 0.3) is 0 Å². The van der Waals surface area contributed by atoms with Gasteiger partial charge >= 0.3 is 5.97 Å². The molecule has 0 aromatic heterocycles. The van der Waals surface area contributed by atoms with Crippen molar-refractivity contribution >= 4 is 16.0 Å². The third kappa shape index (κ3) is 5.86. The zero-order valence-corrected chi connectivity index (χ0v) is 22.7. The molecule has 202 valence electrons. The molecule has 0 N–H and O–H groups in total. The number of fused-ring (bicyclic) bond motifs is 1. The molecule has 2 aliphatic heterocycles. The summed E-state index contributed by atoms with van der Waals surface area (Å²) in [5, 5.41) is 0. The van der Waals surface area contributed by atoms with Crippen LogP contribution in [0.1, 0.15) is 43.4 Å². The van der Waals surface area contributed by atoms with E-state index in [-0.39, 0.29) is 37.1 Å². The molecular weight excluding hydrogens is 496 g/mol. The zero-order valence-electron chi connectivity index (χ0n) is 21.9. The molecule has 2 aromatic rings. The lowest BCUT2D eigenvalue weighted by molar-refractivity contribution is -0.149. The van der Waals surface area contributed by atoms with E-state index < -0.39 is 15.9 Å². The van der Waals surface area contributed by atoms with Gasteiger partial charge in [0.25, 0.3) is 0 Å². The second kappa shape index (κ2) is 11.7. The Kier molecular flexibility index (Phi) is 8.61. The molecule has 2 aliphatic rings. The first-order chi connectivity index (χ1) is 17.8. The van der Waals surface area contributed by atoms with E-state index in [0.717, 1.165) is 16.9 Å². The van der Waals surface area contributed by atoms with Crippen LogP contribution in [0.3, 0.4) is 0 Å². The number of likely N-dealkylation sites (tertiary alicyclic amines) is 1. The maximum atomic E-state index is 13.5. The second-order valence-electron chi connectivity index (χ2n) is 9.35. The Labute approximate surface area is 219 Å². The van der Waals surface area contributed by atoms with Crippen LogP contribution in [-0.2, 0) is 19.6 Å². The van der Waals surface area contributed by atoms with E-state index in [1.165, 1.54) is 4.31 Å². The van der Waals surface area contributed by atoms with E-state index in [9.17, 15) is 13.2 Å². The molecule has 0 spiro atoms. The number of methoxy groups -OCH3 is 1. The number of benzene rings is 2. The normalized spacial score (nSPS) is 21.4. The number of carbonyl (C=O) groups is 1. The number of hydrogen-bond acceptors (Lipinski definition) is 8. The number of carbonyl (C=O) groups excluding carboxylic acids is 1. The summed E-state index contributed by atoms with van der Waals surface area (Å²) >= 11 is 0. The van der Waals surface area contributed by atoms with Crippen LogP contribution in [0.2, 0.25) is 0 Å². The molecule has 2 aromatic carbocycles.